The summed E-state index contributed by atoms with van der Waals surface area (Å²) in [7, 11) is 0. The number of para-hydroxylation sites is 2. The molecule has 300 valence electrons. The molecule has 3 aliphatic carbocycles. The molecule has 0 aliphatic heterocycles. The van der Waals surface area contributed by atoms with Gasteiger partial charge in [0.15, 0.2) is 0 Å². The second-order valence-electron chi connectivity index (χ2n) is 18.0. The fourth-order valence-corrected chi connectivity index (χ4v) is 12.1. The minimum Gasteiger partial charge on any atom is -0.456 e. The molecule has 3 unspecified atom stereocenters. The molecule has 2 saturated carbocycles. The van der Waals surface area contributed by atoms with E-state index >= 15 is 0 Å². The maximum absolute atomic E-state index is 6.25. The van der Waals surface area contributed by atoms with Crippen molar-refractivity contribution < 1.29 is 4.42 Å². The lowest BCUT2D eigenvalue weighted by atomic mass is 9.67. The maximum Gasteiger partial charge on any atom is 0.135 e. The third-order valence-electron chi connectivity index (χ3n) is 14.8. The Labute approximate surface area is 368 Å². The van der Waals surface area contributed by atoms with Crippen molar-refractivity contribution >= 4 is 39.0 Å². The van der Waals surface area contributed by atoms with E-state index in [1.165, 1.54) is 75.8 Å². The zero-order chi connectivity index (χ0) is 41.5. The summed E-state index contributed by atoms with van der Waals surface area (Å²) in [6.45, 7) is 0. The molecule has 0 amide bonds. The highest BCUT2D eigenvalue weighted by Gasteiger charge is 2.56. The SMILES string of the molecule is c1ccc(-c2ccccc2-c2ccccc2-c2ccccc2N(c2cccc(-c3ccc4oc5ccccc5c4c3)c2)c2ccc3c(c2)-c2ccccc2C32CC3CCC2C3)cc1. The maximum atomic E-state index is 6.25. The zero-order valence-electron chi connectivity index (χ0n) is 35.0. The van der Waals surface area contributed by atoms with Gasteiger partial charge in [0, 0.05) is 33.1 Å². The van der Waals surface area contributed by atoms with Crippen LogP contribution in [0.1, 0.15) is 36.8 Å². The molecule has 3 aliphatic rings. The molecule has 0 radical (unpaired) electrons. The Hall–Kier alpha value is -7.42. The number of hydrogen-bond acceptors (Lipinski definition) is 2. The molecular formula is C61H45NO. The molecule has 1 spiro atoms. The van der Waals surface area contributed by atoms with E-state index in [0.29, 0.717) is 5.92 Å². The molecule has 2 fully saturated rings. The number of rotatable bonds is 7. The lowest BCUT2D eigenvalue weighted by Crippen LogP contribution is -2.31. The van der Waals surface area contributed by atoms with Gasteiger partial charge in [-0.05, 0) is 141 Å². The normalized spacial score (nSPS) is 18.3. The third kappa shape index (κ3) is 5.64. The fraction of sp³-hybridized carbons (Fsp3) is 0.115. The summed E-state index contributed by atoms with van der Waals surface area (Å²) < 4.78 is 6.25. The Morgan fingerprint density at radius 3 is 1.83 bits per heavy atom. The van der Waals surface area contributed by atoms with Gasteiger partial charge in [-0.1, -0.05) is 170 Å². The van der Waals surface area contributed by atoms with Gasteiger partial charge in [0.25, 0.3) is 0 Å². The number of fused-ring (bicyclic) bond motifs is 11. The molecular weight excluding hydrogens is 763 g/mol. The van der Waals surface area contributed by atoms with E-state index in [2.05, 4.69) is 211 Å². The molecule has 3 atom stereocenters. The van der Waals surface area contributed by atoms with Crippen molar-refractivity contribution in [3.63, 3.8) is 0 Å². The number of furan rings is 1. The topological polar surface area (TPSA) is 16.4 Å². The van der Waals surface area contributed by atoms with E-state index in [1.807, 2.05) is 6.07 Å². The van der Waals surface area contributed by atoms with Crippen LogP contribution in [0.2, 0.25) is 0 Å². The van der Waals surface area contributed by atoms with Crippen LogP contribution in [0.15, 0.2) is 217 Å². The largest absolute Gasteiger partial charge is 0.456 e. The Morgan fingerprint density at radius 1 is 0.397 bits per heavy atom. The third-order valence-corrected chi connectivity index (χ3v) is 14.8. The van der Waals surface area contributed by atoms with Gasteiger partial charge < -0.3 is 9.32 Å². The predicted octanol–water partition coefficient (Wildman–Crippen LogP) is 16.8. The second-order valence-corrected chi connectivity index (χ2v) is 18.0. The molecule has 1 heterocycles. The molecule has 10 aromatic rings. The predicted molar refractivity (Wildman–Crippen MR) is 262 cm³/mol. The van der Waals surface area contributed by atoms with Crippen LogP contribution in [0.5, 0.6) is 0 Å². The molecule has 2 bridgehead atoms. The van der Waals surface area contributed by atoms with Crippen LogP contribution in [-0.2, 0) is 5.41 Å². The summed E-state index contributed by atoms with van der Waals surface area (Å²) >= 11 is 0. The first kappa shape index (κ1) is 36.3. The highest BCUT2D eigenvalue weighted by atomic mass is 16.3. The summed E-state index contributed by atoms with van der Waals surface area (Å²) in [5, 5.41) is 2.27. The molecule has 13 rings (SSSR count). The molecule has 1 aromatic heterocycles. The van der Waals surface area contributed by atoms with Gasteiger partial charge in [-0.15, -0.1) is 0 Å². The lowest BCUT2D eigenvalue weighted by molar-refractivity contribution is 0.327. The molecule has 63 heavy (non-hydrogen) atoms. The first-order valence-corrected chi connectivity index (χ1v) is 22.6. The minimum atomic E-state index is 0.122. The van der Waals surface area contributed by atoms with Crippen LogP contribution >= 0.6 is 0 Å². The number of nitrogens with zero attached hydrogens (tertiary/aromatic N) is 1. The standard InChI is InChI=1S/C61H45NO/c1-2-15-41(16-3-1)47-19-4-5-20-48(47)49-21-6-7-22-50(49)52-24-9-12-27-58(52)62(45-18-14-17-42(36-45)43-30-34-60-55(37-43)53-25-10-13-28-59(53)63-60)46-32-33-57-54(38-46)51-23-8-11-26-56(51)61(57)39-40-29-31-44(61)35-40/h1-28,30,32-34,36-38,40,44H,29,31,35,39H2. The summed E-state index contributed by atoms with van der Waals surface area (Å²) in [5.74, 6) is 1.54. The van der Waals surface area contributed by atoms with Crippen LogP contribution in [0.3, 0.4) is 0 Å². The number of anilines is 3. The number of benzene rings is 9. The van der Waals surface area contributed by atoms with Gasteiger partial charge in [0.05, 0.1) is 5.69 Å². The van der Waals surface area contributed by atoms with E-state index < -0.39 is 0 Å². The van der Waals surface area contributed by atoms with E-state index in [4.69, 9.17) is 4.42 Å². The summed E-state index contributed by atoms with van der Waals surface area (Å²) in [5.41, 5.74) is 20.8. The average molecular weight is 808 g/mol. The first-order chi connectivity index (χ1) is 31.2. The van der Waals surface area contributed by atoms with E-state index in [9.17, 15) is 0 Å². The van der Waals surface area contributed by atoms with Crippen LogP contribution in [-0.4, -0.2) is 0 Å². The van der Waals surface area contributed by atoms with Crippen LogP contribution in [0.25, 0.3) is 77.6 Å². The van der Waals surface area contributed by atoms with Gasteiger partial charge in [0.2, 0.25) is 0 Å². The van der Waals surface area contributed by atoms with E-state index in [-0.39, 0.29) is 5.41 Å². The van der Waals surface area contributed by atoms with Gasteiger partial charge in [0.1, 0.15) is 11.2 Å². The van der Waals surface area contributed by atoms with Gasteiger partial charge in [-0.3, -0.25) is 0 Å². The molecule has 2 nitrogen and oxygen atoms in total. The highest BCUT2D eigenvalue weighted by Crippen LogP contribution is 2.66. The second kappa shape index (κ2) is 14.3. The van der Waals surface area contributed by atoms with Crippen LogP contribution in [0, 0.1) is 11.8 Å². The van der Waals surface area contributed by atoms with Crippen molar-refractivity contribution in [3.05, 3.63) is 223 Å². The van der Waals surface area contributed by atoms with Gasteiger partial charge in [-0.25, -0.2) is 0 Å². The van der Waals surface area contributed by atoms with Crippen molar-refractivity contribution in [2.45, 2.75) is 31.1 Å². The Balaban J connectivity index is 1.02. The first-order valence-electron chi connectivity index (χ1n) is 22.6. The monoisotopic (exact) mass is 807 g/mol. The average Bonchev–Trinajstić information content (AvgIpc) is 4.13. The fourth-order valence-electron chi connectivity index (χ4n) is 12.1. The minimum absolute atomic E-state index is 0.122. The highest BCUT2D eigenvalue weighted by molar-refractivity contribution is 6.06. The van der Waals surface area contributed by atoms with Gasteiger partial charge in [-0.2, -0.15) is 0 Å². The van der Waals surface area contributed by atoms with Crippen molar-refractivity contribution in [1.29, 1.82) is 0 Å². The lowest BCUT2D eigenvalue weighted by Gasteiger charge is -2.36. The van der Waals surface area contributed by atoms with Crippen molar-refractivity contribution in [2.75, 3.05) is 4.90 Å². The summed E-state index contributed by atoms with van der Waals surface area (Å²) in [6, 6.07) is 78.4. The Morgan fingerprint density at radius 2 is 1.02 bits per heavy atom. The summed E-state index contributed by atoms with van der Waals surface area (Å²) in [4.78, 5) is 2.51. The zero-order valence-corrected chi connectivity index (χ0v) is 35.0. The van der Waals surface area contributed by atoms with E-state index in [1.54, 1.807) is 5.56 Å². The Kier molecular flexibility index (Phi) is 8.24. The number of hydrogen-bond donors (Lipinski definition) is 0. The van der Waals surface area contributed by atoms with Gasteiger partial charge >= 0.3 is 0 Å². The Bertz CT molecular complexity index is 3390. The quantitative estimate of drug-likeness (QED) is 0.159. The van der Waals surface area contributed by atoms with Crippen molar-refractivity contribution in [1.82, 2.24) is 0 Å². The van der Waals surface area contributed by atoms with Crippen LogP contribution < -0.4 is 4.90 Å². The smallest absolute Gasteiger partial charge is 0.135 e. The molecule has 9 aromatic carbocycles. The van der Waals surface area contributed by atoms with Crippen LogP contribution in [0.4, 0.5) is 17.1 Å². The summed E-state index contributed by atoms with van der Waals surface area (Å²) in [6.07, 6.45) is 5.34. The molecule has 2 heteroatoms. The van der Waals surface area contributed by atoms with Crippen molar-refractivity contribution in [2.24, 2.45) is 11.8 Å². The molecule has 0 N–H and O–H groups in total. The molecule has 0 saturated heterocycles. The van der Waals surface area contributed by atoms with E-state index in [0.717, 1.165) is 56.0 Å². The van der Waals surface area contributed by atoms with Crippen molar-refractivity contribution in [3.8, 4) is 55.6 Å².